The van der Waals surface area contributed by atoms with Gasteiger partial charge in [-0.05, 0) is 79.6 Å². The summed E-state index contributed by atoms with van der Waals surface area (Å²) in [5.41, 5.74) is 3.81. The van der Waals surface area contributed by atoms with Crippen LogP contribution in [0.25, 0.3) is 0 Å². The Bertz CT molecular complexity index is 1280. The number of aryl methyl sites for hydroxylation is 1. The number of ether oxygens (including phenoxy) is 2. The van der Waals surface area contributed by atoms with E-state index in [0.717, 1.165) is 36.1 Å². The topological polar surface area (TPSA) is 67.9 Å². The smallest absolute Gasteiger partial charge is 0.254 e. The Hall–Kier alpha value is -3.94. The quantitative estimate of drug-likeness (QED) is 0.401. The van der Waals surface area contributed by atoms with Crippen molar-refractivity contribution >= 4 is 17.5 Å². The van der Waals surface area contributed by atoms with Crippen molar-refractivity contribution in [2.24, 2.45) is 0 Å². The van der Waals surface area contributed by atoms with Crippen LogP contribution in [0.15, 0.2) is 54.6 Å². The average Bonchev–Trinajstić information content (AvgIpc) is 2.94. The molecule has 0 radical (unpaired) electrons. The third-order valence-corrected chi connectivity index (χ3v) is 7.07. The lowest BCUT2D eigenvalue weighted by Gasteiger charge is -2.32. The third kappa shape index (κ3) is 6.30. The maximum atomic E-state index is 13.3. The van der Waals surface area contributed by atoms with Gasteiger partial charge in [0.15, 0.2) is 11.6 Å². The van der Waals surface area contributed by atoms with E-state index in [1.165, 1.54) is 6.07 Å². The molecule has 1 aliphatic heterocycles. The molecule has 200 valence electrons. The molecule has 0 atom stereocenters. The first-order valence-electron chi connectivity index (χ1n) is 12.6. The highest BCUT2D eigenvalue weighted by Gasteiger charge is 2.26. The van der Waals surface area contributed by atoms with E-state index < -0.39 is 11.6 Å². The van der Waals surface area contributed by atoms with E-state index in [1.807, 2.05) is 36.1 Å². The second-order valence-corrected chi connectivity index (χ2v) is 9.49. The van der Waals surface area contributed by atoms with Crippen LogP contribution in [0.1, 0.15) is 52.2 Å². The molecule has 0 unspecified atom stereocenters. The van der Waals surface area contributed by atoms with Crippen LogP contribution in [0.3, 0.4) is 0 Å². The van der Waals surface area contributed by atoms with E-state index >= 15 is 0 Å². The monoisotopic (exact) mass is 522 g/mol. The van der Waals surface area contributed by atoms with E-state index in [0.29, 0.717) is 53.7 Å². The molecule has 1 saturated heterocycles. The molecule has 0 bridgehead atoms. The number of carbonyl (C=O) groups excluding carboxylic acids is 2. The summed E-state index contributed by atoms with van der Waals surface area (Å²) in [7, 11) is 3.16. The summed E-state index contributed by atoms with van der Waals surface area (Å²) in [4.78, 5) is 27.3. The Morgan fingerprint density at radius 3 is 2.13 bits per heavy atom. The summed E-state index contributed by atoms with van der Waals surface area (Å²) in [5, 5.41) is 2.85. The number of anilines is 1. The molecule has 0 aromatic heterocycles. The van der Waals surface area contributed by atoms with Crippen molar-refractivity contribution in [3.8, 4) is 11.5 Å². The Morgan fingerprint density at radius 2 is 1.55 bits per heavy atom. The van der Waals surface area contributed by atoms with Crippen LogP contribution in [0.2, 0.25) is 0 Å². The van der Waals surface area contributed by atoms with Crippen LogP contribution >= 0.6 is 0 Å². The van der Waals surface area contributed by atoms with Gasteiger partial charge in [0, 0.05) is 36.3 Å². The van der Waals surface area contributed by atoms with Gasteiger partial charge in [0.1, 0.15) is 11.5 Å². The zero-order valence-electron chi connectivity index (χ0n) is 21.9. The van der Waals surface area contributed by atoms with Crippen LogP contribution in [0.4, 0.5) is 14.5 Å². The number of nitrogens with one attached hydrogen (secondary N) is 1. The van der Waals surface area contributed by atoms with Crippen molar-refractivity contribution in [3.63, 3.8) is 0 Å². The second kappa shape index (κ2) is 12.1. The molecule has 1 fully saturated rings. The number of amides is 2. The summed E-state index contributed by atoms with van der Waals surface area (Å²) in [5.74, 6) is -0.481. The lowest BCUT2D eigenvalue weighted by Crippen LogP contribution is -2.38. The minimum atomic E-state index is -0.913. The molecule has 2 amide bonds. The zero-order valence-corrected chi connectivity index (χ0v) is 21.9. The predicted octanol–water partition coefficient (Wildman–Crippen LogP) is 5.88. The summed E-state index contributed by atoms with van der Waals surface area (Å²) >= 11 is 0. The number of methoxy groups -OCH3 is 2. The van der Waals surface area contributed by atoms with Gasteiger partial charge in [0.2, 0.25) is 5.91 Å². The summed E-state index contributed by atoms with van der Waals surface area (Å²) in [6.45, 7) is 3.18. The number of benzene rings is 3. The van der Waals surface area contributed by atoms with Crippen molar-refractivity contribution in [1.29, 1.82) is 0 Å². The first-order valence-corrected chi connectivity index (χ1v) is 12.6. The number of hydrogen-bond donors (Lipinski definition) is 1. The van der Waals surface area contributed by atoms with Gasteiger partial charge in [-0.25, -0.2) is 8.78 Å². The minimum Gasteiger partial charge on any atom is -0.496 e. The highest BCUT2D eigenvalue weighted by Crippen LogP contribution is 2.32. The summed E-state index contributed by atoms with van der Waals surface area (Å²) in [6, 6.07) is 14.9. The number of carbonyl (C=O) groups is 2. The molecule has 1 aliphatic rings. The molecule has 0 saturated carbocycles. The zero-order chi connectivity index (χ0) is 27.2. The van der Waals surface area contributed by atoms with E-state index in [9.17, 15) is 18.4 Å². The SMILES string of the molecule is COc1cc(C(=O)N2CCC(c3ccc(NC(=O)CCc4ccc(F)c(F)c4)cc3)CC2)cc(OC)c1C. The molecular formula is C30H32F2N2O4. The first kappa shape index (κ1) is 27.1. The number of hydrogen-bond acceptors (Lipinski definition) is 4. The Balaban J connectivity index is 1.29. The third-order valence-electron chi connectivity index (χ3n) is 7.07. The van der Waals surface area contributed by atoms with Gasteiger partial charge < -0.3 is 19.7 Å². The minimum absolute atomic E-state index is 0.0403. The van der Waals surface area contributed by atoms with Crippen molar-refractivity contribution in [3.05, 3.63) is 88.5 Å². The van der Waals surface area contributed by atoms with Crippen molar-refractivity contribution in [2.75, 3.05) is 32.6 Å². The molecule has 4 rings (SSSR count). The second-order valence-electron chi connectivity index (χ2n) is 9.49. The number of likely N-dealkylation sites (tertiary alicyclic amines) is 1. The summed E-state index contributed by atoms with van der Waals surface area (Å²) < 4.78 is 37.2. The van der Waals surface area contributed by atoms with Gasteiger partial charge in [0.25, 0.3) is 5.91 Å². The highest BCUT2D eigenvalue weighted by atomic mass is 19.2. The molecular weight excluding hydrogens is 490 g/mol. The first-order chi connectivity index (χ1) is 18.3. The fraction of sp³-hybridized carbons (Fsp3) is 0.333. The van der Waals surface area contributed by atoms with Gasteiger partial charge in [-0.1, -0.05) is 18.2 Å². The van der Waals surface area contributed by atoms with Gasteiger partial charge in [0.05, 0.1) is 14.2 Å². The van der Waals surface area contributed by atoms with Crippen LogP contribution in [-0.2, 0) is 11.2 Å². The lowest BCUT2D eigenvalue weighted by atomic mass is 9.89. The average molecular weight is 523 g/mol. The number of nitrogens with zero attached hydrogens (tertiary/aromatic N) is 1. The molecule has 1 N–H and O–H groups in total. The van der Waals surface area contributed by atoms with Crippen LogP contribution < -0.4 is 14.8 Å². The van der Waals surface area contributed by atoms with E-state index in [4.69, 9.17) is 9.47 Å². The Kier molecular flexibility index (Phi) is 8.61. The largest absolute Gasteiger partial charge is 0.496 e. The van der Waals surface area contributed by atoms with Gasteiger partial charge in [-0.3, -0.25) is 9.59 Å². The van der Waals surface area contributed by atoms with E-state index in [1.54, 1.807) is 26.4 Å². The van der Waals surface area contributed by atoms with Gasteiger partial charge in [-0.15, -0.1) is 0 Å². The van der Waals surface area contributed by atoms with Crippen LogP contribution in [0, 0.1) is 18.6 Å². The van der Waals surface area contributed by atoms with Crippen molar-refractivity contribution in [1.82, 2.24) is 4.90 Å². The Morgan fingerprint density at radius 1 is 0.921 bits per heavy atom. The van der Waals surface area contributed by atoms with Crippen LogP contribution in [-0.4, -0.2) is 44.0 Å². The van der Waals surface area contributed by atoms with Crippen LogP contribution in [0.5, 0.6) is 11.5 Å². The number of rotatable bonds is 8. The molecule has 8 heteroatoms. The maximum absolute atomic E-state index is 13.3. The van der Waals surface area contributed by atoms with Crippen molar-refractivity contribution in [2.45, 2.75) is 38.5 Å². The fourth-order valence-electron chi connectivity index (χ4n) is 4.82. The standard InChI is InChI=1S/C30H32F2N2O4/c1-19-27(37-2)17-23(18-28(19)38-3)30(36)34-14-12-22(13-15-34)21-6-8-24(9-7-21)33-29(35)11-5-20-4-10-25(31)26(32)16-20/h4,6-10,16-18,22H,5,11-15H2,1-3H3,(H,33,35). The molecule has 3 aromatic carbocycles. The maximum Gasteiger partial charge on any atom is 0.254 e. The predicted molar refractivity (Wildman–Crippen MR) is 142 cm³/mol. The Labute approximate surface area is 221 Å². The molecule has 38 heavy (non-hydrogen) atoms. The molecule has 6 nitrogen and oxygen atoms in total. The summed E-state index contributed by atoms with van der Waals surface area (Å²) in [6.07, 6.45) is 2.16. The van der Waals surface area contributed by atoms with E-state index in [2.05, 4.69) is 5.32 Å². The molecule has 0 aliphatic carbocycles. The molecule has 0 spiro atoms. The lowest BCUT2D eigenvalue weighted by molar-refractivity contribution is -0.116. The van der Waals surface area contributed by atoms with Gasteiger partial charge in [-0.2, -0.15) is 0 Å². The molecule has 3 aromatic rings. The molecule has 1 heterocycles. The number of halogens is 2. The normalized spacial score (nSPS) is 13.8. The van der Waals surface area contributed by atoms with E-state index in [-0.39, 0.29) is 18.2 Å². The number of piperidine rings is 1. The van der Waals surface area contributed by atoms with Crippen molar-refractivity contribution < 1.29 is 27.8 Å². The fourth-order valence-corrected chi connectivity index (χ4v) is 4.82. The highest BCUT2D eigenvalue weighted by molar-refractivity contribution is 5.95. The van der Waals surface area contributed by atoms with Gasteiger partial charge >= 0.3 is 0 Å².